The van der Waals surface area contributed by atoms with Crippen molar-refractivity contribution in [1.29, 1.82) is 0 Å². The Hall–Kier alpha value is -3.87. The van der Waals surface area contributed by atoms with Gasteiger partial charge in [0.2, 0.25) is 0 Å². The molecule has 7 heteroatoms. The lowest BCUT2D eigenvalue weighted by molar-refractivity contribution is -0.173. The van der Waals surface area contributed by atoms with Crippen molar-refractivity contribution in [3.05, 3.63) is 126 Å². The van der Waals surface area contributed by atoms with Gasteiger partial charge in [-0.3, -0.25) is 4.79 Å². The normalized spacial score (nSPS) is 11.9. The molecular formula is C27H24F3N3O. The topological polar surface area (TPSA) is 46.9 Å². The van der Waals surface area contributed by atoms with Crippen LogP contribution in [0.25, 0.3) is 0 Å². The Morgan fingerprint density at radius 3 is 1.71 bits per heavy atom. The fourth-order valence-corrected chi connectivity index (χ4v) is 4.24. The summed E-state index contributed by atoms with van der Waals surface area (Å²) in [5.74, 6) is -1.94. The second-order valence-electron chi connectivity index (χ2n) is 8.04. The molecule has 4 nitrogen and oxygen atoms in total. The lowest BCUT2D eigenvalue weighted by Crippen LogP contribution is -2.37. The number of nitrogens with one attached hydrogen (secondary N) is 1. The maximum absolute atomic E-state index is 12.4. The number of halogens is 3. The highest BCUT2D eigenvalue weighted by Crippen LogP contribution is 2.40. The molecule has 1 aromatic heterocycles. The van der Waals surface area contributed by atoms with E-state index in [0.29, 0.717) is 12.2 Å². The zero-order valence-corrected chi connectivity index (χ0v) is 18.4. The van der Waals surface area contributed by atoms with Gasteiger partial charge in [-0.25, -0.2) is 4.98 Å². The van der Waals surface area contributed by atoms with Crippen molar-refractivity contribution in [1.82, 2.24) is 14.9 Å². The van der Waals surface area contributed by atoms with Gasteiger partial charge in [0.1, 0.15) is 0 Å². The summed E-state index contributed by atoms with van der Waals surface area (Å²) in [4.78, 5) is 15.4. The summed E-state index contributed by atoms with van der Waals surface area (Å²) in [6.07, 6.45) is -1.18. The third-order valence-electron chi connectivity index (χ3n) is 5.83. The highest BCUT2D eigenvalue weighted by atomic mass is 19.4. The van der Waals surface area contributed by atoms with Gasteiger partial charge in [-0.05, 0) is 16.7 Å². The van der Waals surface area contributed by atoms with Crippen LogP contribution in [0.2, 0.25) is 0 Å². The first-order chi connectivity index (χ1) is 16.4. The fourth-order valence-electron chi connectivity index (χ4n) is 4.24. The number of imidazole rings is 1. The molecule has 0 saturated heterocycles. The van der Waals surface area contributed by atoms with Crippen LogP contribution in [0, 0.1) is 0 Å². The van der Waals surface area contributed by atoms with E-state index in [-0.39, 0.29) is 13.0 Å². The predicted molar refractivity (Wildman–Crippen MR) is 124 cm³/mol. The highest BCUT2D eigenvalue weighted by Gasteiger charge is 2.38. The van der Waals surface area contributed by atoms with Crippen molar-refractivity contribution in [3.8, 4) is 0 Å². The van der Waals surface area contributed by atoms with Gasteiger partial charge in [-0.2, -0.15) is 13.2 Å². The Balaban J connectivity index is 1.67. The minimum absolute atomic E-state index is 0.142. The van der Waals surface area contributed by atoms with E-state index in [2.05, 4.69) is 41.4 Å². The molecule has 1 heterocycles. The number of alkyl halides is 3. The van der Waals surface area contributed by atoms with Crippen molar-refractivity contribution < 1.29 is 18.0 Å². The van der Waals surface area contributed by atoms with E-state index in [0.717, 1.165) is 16.7 Å². The smallest absolute Gasteiger partial charge is 0.348 e. The maximum atomic E-state index is 12.4. The standard InChI is InChI=1S/C27H24F3N3O/c28-27(29,30)25(34)31-17-16-24-18-33(20-32-24)19-26(21-10-4-1-5-11-21,22-12-6-2-7-13-22)23-14-8-3-9-15-23/h1-15,18,20H,16-17,19H2,(H,31,34). The second-order valence-corrected chi connectivity index (χ2v) is 8.04. The molecule has 0 atom stereocenters. The number of benzene rings is 3. The van der Waals surface area contributed by atoms with Gasteiger partial charge in [0, 0.05) is 25.7 Å². The van der Waals surface area contributed by atoms with Crippen molar-refractivity contribution in [2.24, 2.45) is 0 Å². The zero-order chi connectivity index (χ0) is 24.0. The third kappa shape index (κ3) is 5.03. The van der Waals surface area contributed by atoms with E-state index in [1.165, 1.54) is 0 Å². The van der Waals surface area contributed by atoms with Crippen molar-refractivity contribution in [3.63, 3.8) is 0 Å². The first-order valence-corrected chi connectivity index (χ1v) is 10.9. The largest absolute Gasteiger partial charge is 0.471 e. The quantitative estimate of drug-likeness (QED) is 0.368. The maximum Gasteiger partial charge on any atom is 0.471 e. The van der Waals surface area contributed by atoms with E-state index in [1.807, 2.05) is 70.7 Å². The average Bonchev–Trinajstić information content (AvgIpc) is 3.30. The molecular weight excluding hydrogens is 439 g/mol. The summed E-state index contributed by atoms with van der Waals surface area (Å²) in [6, 6.07) is 30.6. The SMILES string of the molecule is O=C(NCCc1cn(CC(c2ccccc2)(c2ccccc2)c2ccccc2)cn1)C(F)(F)F. The van der Waals surface area contributed by atoms with Gasteiger partial charge in [0.15, 0.2) is 0 Å². The highest BCUT2D eigenvalue weighted by molar-refractivity contribution is 5.81. The molecule has 1 amide bonds. The minimum atomic E-state index is -4.89. The van der Waals surface area contributed by atoms with Gasteiger partial charge in [-0.1, -0.05) is 91.0 Å². The van der Waals surface area contributed by atoms with E-state index in [1.54, 1.807) is 6.33 Å². The van der Waals surface area contributed by atoms with Crippen LogP contribution in [0.5, 0.6) is 0 Å². The summed E-state index contributed by atoms with van der Waals surface area (Å²) in [5.41, 5.74) is 3.41. The summed E-state index contributed by atoms with van der Waals surface area (Å²) >= 11 is 0. The van der Waals surface area contributed by atoms with E-state index >= 15 is 0 Å². The average molecular weight is 464 g/mol. The van der Waals surface area contributed by atoms with Crippen LogP contribution in [0.3, 0.4) is 0 Å². The van der Waals surface area contributed by atoms with Crippen LogP contribution >= 0.6 is 0 Å². The molecule has 0 fully saturated rings. The number of carbonyl (C=O) groups is 1. The van der Waals surface area contributed by atoms with Crippen LogP contribution in [0.4, 0.5) is 13.2 Å². The summed E-state index contributed by atoms with van der Waals surface area (Å²) in [6.45, 7) is 0.392. The van der Waals surface area contributed by atoms with Crippen LogP contribution < -0.4 is 5.32 Å². The molecule has 0 unspecified atom stereocenters. The number of hydrogen-bond donors (Lipinski definition) is 1. The Kier molecular flexibility index (Phi) is 6.82. The Labute approximate surface area is 196 Å². The van der Waals surface area contributed by atoms with Crippen molar-refractivity contribution in [2.75, 3.05) is 6.54 Å². The van der Waals surface area contributed by atoms with E-state index in [9.17, 15) is 18.0 Å². The molecule has 1 N–H and O–H groups in total. The molecule has 0 spiro atoms. The number of amides is 1. The van der Waals surface area contributed by atoms with Crippen LogP contribution in [-0.4, -0.2) is 28.2 Å². The summed E-state index contributed by atoms with van der Waals surface area (Å²) in [7, 11) is 0. The molecule has 3 aromatic carbocycles. The first kappa shape index (κ1) is 23.3. The molecule has 34 heavy (non-hydrogen) atoms. The monoisotopic (exact) mass is 463 g/mol. The molecule has 4 aromatic rings. The third-order valence-corrected chi connectivity index (χ3v) is 5.83. The molecule has 4 rings (SSSR count). The second kappa shape index (κ2) is 9.95. The Morgan fingerprint density at radius 1 is 0.794 bits per heavy atom. The number of nitrogens with zero attached hydrogens (tertiary/aromatic N) is 2. The Morgan fingerprint density at radius 2 is 1.26 bits per heavy atom. The van der Waals surface area contributed by atoms with E-state index < -0.39 is 17.5 Å². The van der Waals surface area contributed by atoms with E-state index in [4.69, 9.17) is 0 Å². The molecule has 174 valence electrons. The summed E-state index contributed by atoms with van der Waals surface area (Å²) in [5, 5.41) is 1.89. The number of rotatable bonds is 8. The van der Waals surface area contributed by atoms with Crippen molar-refractivity contribution in [2.45, 2.75) is 24.6 Å². The van der Waals surface area contributed by atoms with Crippen LogP contribution in [-0.2, 0) is 23.2 Å². The minimum Gasteiger partial charge on any atom is -0.348 e. The zero-order valence-electron chi connectivity index (χ0n) is 18.4. The lowest BCUT2D eigenvalue weighted by Gasteiger charge is -2.36. The number of aromatic nitrogens is 2. The van der Waals surface area contributed by atoms with Gasteiger partial charge < -0.3 is 9.88 Å². The first-order valence-electron chi connectivity index (χ1n) is 10.9. The van der Waals surface area contributed by atoms with Gasteiger partial charge >= 0.3 is 12.1 Å². The number of carbonyl (C=O) groups excluding carboxylic acids is 1. The van der Waals surface area contributed by atoms with Crippen molar-refractivity contribution >= 4 is 5.91 Å². The number of hydrogen-bond acceptors (Lipinski definition) is 2. The van der Waals surface area contributed by atoms with Gasteiger partial charge in [-0.15, -0.1) is 0 Å². The molecule has 0 radical (unpaired) electrons. The Bertz CT molecular complexity index is 1110. The molecule has 0 aliphatic heterocycles. The van der Waals surface area contributed by atoms with Crippen LogP contribution in [0.1, 0.15) is 22.4 Å². The molecule has 0 aliphatic carbocycles. The van der Waals surface area contributed by atoms with Crippen LogP contribution in [0.15, 0.2) is 104 Å². The fraction of sp³-hybridized carbons (Fsp3) is 0.185. The molecule has 0 aliphatic rings. The van der Waals surface area contributed by atoms with Gasteiger partial charge in [0.05, 0.1) is 17.4 Å². The molecule has 0 bridgehead atoms. The lowest BCUT2D eigenvalue weighted by atomic mass is 9.69. The predicted octanol–water partition coefficient (Wildman–Crippen LogP) is 5.14. The van der Waals surface area contributed by atoms with Gasteiger partial charge in [0.25, 0.3) is 0 Å². The summed E-state index contributed by atoms with van der Waals surface area (Å²) < 4.78 is 39.2. The molecule has 0 saturated carbocycles.